The van der Waals surface area contributed by atoms with E-state index in [1.807, 2.05) is 12.1 Å². The number of fused-ring (bicyclic) bond motifs is 1. The molecule has 1 saturated carbocycles. The van der Waals surface area contributed by atoms with Crippen LogP contribution in [0.15, 0.2) is 42.5 Å². The van der Waals surface area contributed by atoms with Gasteiger partial charge in [-0.2, -0.15) is 0 Å². The highest BCUT2D eigenvalue weighted by molar-refractivity contribution is 5.99. The van der Waals surface area contributed by atoms with Crippen LogP contribution in [0.5, 0.6) is 0 Å². The molecule has 2 aromatic carbocycles. The van der Waals surface area contributed by atoms with Crippen LogP contribution in [0.25, 0.3) is 22.2 Å². The second-order valence-corrected chi connectivity index (χ2v) is 7.62. The molecule has 1 fully saturated rings. The Morgan fingerprint density at radius 1 is 1.07 bits per heavy atom. The van der Waals surface area contributed by atoms with Gasteiger partial charge in [-0.05, 0) is 36.5 Å². The standard InChI is InChI=1S/C23H27N3O/c1-15(27)25-19-13-8-12-18(22(19)24)23-21(16-9-4-3-5-10-16)17-11-6-7-14-20(17)26(23)2/h6-8,11-14,16H,3-5,9-10,24H2,1-2H3,(H,25,27). The van der Waals surface area contributed by atoms with Gasteiger partial charge in [0.15, 0.2) is 0 Å². The Kier molecular flexibility index (Phi) is 4.65. The number of benzene rings is 2. The first-order valence-corrected chi connectivity index (χ1v) is 9.81. The van der Waals surface area contributed by atoms with E-state index in [1.165, 1.54) is 61.2 Å². The summed E-state index contributed by atoms with van der Waals surface area (Å²) >= 11 is 0. The molecule has 0 aliphatic heterocycles. The fourth-order valence-electron chi connectivity index (χ4n) is 4.62. The quantitative estimate of drug-likeness (QED) is 0.611. The van der Waals surface area contributed by atoms with Crippen molar-refractivity contribution in [3.8, 4) is 11.3 Å². The molecule has 27 heavy (non-hydrogen) atoms. The van der Waals surface area contributed by atoms with Gasteiger partial charge in [-0.15, -0.1) is 0 Å². The summed E-state index contributed by atoms with van der Waals surface area (Å²) < 4.78 is 2.27. The number of para-hydroxylation sites is 2. The molecule has 4 heteroatoms. The molecule has 0 bridgehead atoms. The Bertz CT molecular complexity index is 996. The summed E-state index contributed by atoms with van der Waals surface area (Å²) in [5, 5.41) is 4.19. The molecule has 1 aliphatic rings. The van der Waals surface area contributed by atoms with Crippen LogP contribution in [0.3, 0.4) is 0 Å². The Morgan fingerprint density at radius 3 is 2.56 bits per heavy atom. The van der Waals surface area contributed by atoms with Crippen molar-refractivity contribution in [2.24, 2.45) is 7.05 Å². The lowest BCUT2D eigenvalue weighted by molar-refractivity contribution is -0.114. The van der Waals surface area contributed by atoms with Crippen molar-refractivity contribution in [3.63, 3.8) is 0 Å². The van der Waals surface area contributed by atoms with Crippen molar-refractivity contribution in [1.29, 1.82) is 0 Å². The van der Waals surface area contributed by atoms with Crippen molar-refractivity contribution in [2.45, 2.75) is 44.9 Å². The van der Waals surface area contributed by atoms with Crippen LogP contribution in [0.1, 0.15) is 50.5 Å². The third-order valence-corrected chi connectivity index (χ3v) is 5.83. The first kappa shape index (κ1) is 17.7. The Morgan fingerprint density at radius 2 is 1.81 bits per heavy atom. The van der Waals surface area contributed by atoms with Crippen LogP contribution < -0.4 is 11.1 Å². The fraction of sp³-hybridized carbons (Fsp3) is 0.348. The van der Waals surface area contributed by atoms with Gasteiger partial charge in [0.25, 0.3) is 0 Å². The zero-order valence-corrected chi connectivity index (χ0v) is 16.1. The molecule has 0 saturated heterocycles. The minimum Gasteiger partial charge on any atom is -0.396 e. The molecule has 140 valence electrons. The van der Waals surface area contributed by atoms with Crippen LogP contribution in [-0.4, -0.2) is 10.5 Å². The number of hydrogen-bond donors (Lipinski definition) is 2. The fourth-order valence-corrected chi connectivity index (χ4v) is 4.62. The van der Waals surface area contributed by atoms with E-state index in [9.17, 15) is 4.79 Å². The predicted molar refractivity (Wildman–Crippen MR) is 113 cm³/mol. The topological polar surface area (TPSA) is 60.0 Å². The Labute approximate surface area is 160 Å². The van der Waals surface area contributed by atoms with Crippen molar-refractivity contribution < 1.29 is 4.79 Å². The third-order valence-electron chi connectivity index (χ3n) is 5.83. The summed E-state index contributed by atoms with van der Waals surface area (Å²) in [4.78, 5) is 11.6. The van der Waals surface area contributed by atoms with Gasteiger partial charge in [0, 0.05) is 30.4 Å². The first-order chi connectivity index (χ1) is 13.1. The zero-order valence-electron chi connectivity index (χ0n) is 16.1. The third kappa shape index (κ3) is 3.09. The minimum absolute atomic E-state index is 0.108. The average Bonchev–Trinajstić information content (AvgIpc) is 2.97. The summed E-state index contributed by atoms with van der Waals surface area (Å²) in [5.41, 5.74) is 12.7. The summed E-state index contributed by atoms with van der Waals surface area (Å²) in [6.45, 7) is 1.51. The lowest BCUT2D eigenvalue weighted by atomic mass is 9.81. The number of nitrogen functional groups attached to an aromatic ring is 1. The maximum absolute atomic E-state index is 11.6. The zero-order chi connectivity index (χ0) is 19.0. The number of nitrogens with zero attached hydrogens (tertiary/aromatic N) is 1. The van der Waals surface area contributed by atoms with Crippen LogP contribution in [-0.2, 0) is 11.8 Å². The number of aryl methyl sites for hydroxylation is 1. The number of anilines is 2. The SMILES string of the molecule is CC(=O)Nc1cccc(-c2c(C3CCCCC3)c3ccccc3n2C)c1N. The molecule has 1 heterocycles. The smallest absolute Gasteiger partial charge is 0.221 e. The Balaban J connectivity index is 1.96. The van der Waals surface area contributed by atoms with Gasteiger partial charge in [-0.3, -0.25) is 4.79 Å². The highest BCUT2D eigenvalue weighted by Gasteiger charge is 2.26. The maximum Gasteiger partial charge on any atom is 0.221 e. The molecular weight excluding hydrogens is 334 g/mol. The largest absolute Gasteiger partial charge is 0.396 e. The average molecular weight is 361 g/mol. The van der Waals surface area contributed by atoms with Gasteiger partial charge < -0.3 is 15.6 Å². The lowest BCUT2D eigenvalue weighted by Gasteiger charge is -2.24. The summed E-state index contributed by atoms with van der Waals surface area (Å²) in [6, 6.07) is 14.5. The minimum atomic E-state index is -0.108. The molecule has 0 atom stereocenters. The van der Waals surface area contributed by atoms with E-state index >= 15 is 0 Å². The van der Waals surface area contributed by atoms with Crippen LogP contribution in [0.2, 0.25) is 0 Å². The number of aromatic nitrogens is 1. The van der Waals surface area contributed by atoms with E-state index in [-0.39, 0.29) is 5.91 Å². The second-order valence-electron chi connectivity index (χ2n) is 7.62. The van der Waals surface area contributed by atoms with Crippen LogP contribution in [0, 0.1) is 0 Å². The highest BCUT2D eigenvalue weighted by atomic mass is 16.1. The van der Waals surface area contributed by atoms with E-state index in [1.54, 1.807) is 0 Å². The lowest BCUT2D eigenvalue weighted by Crippen LogP contribution is -2.10. The number of rotatable bonds is 3. The summed E-state index contributed by atoms with van der Waals surface area (Å²) in [5.74, 6) is 0.451. The molecule has 4 rings (SSSR count). The van der Waals surface area contributed by atoms with Crippen LogP contribution >= 0.6 is 0 Å². The van der Waals surface area contributed by atoms with E-state index in [0.717, 1.165) is 5.56 Å². The molecule has 0 spiro atoms. The number of carbonyl (C=O) groups is 1. The van der Waals surface area contributed by atoms with Crippen molar-refractivity contribution in [3.05, 3.63) is 48.0 Å². The van der Waals surface area contributed by atoms with Gasteiger partial charge in [0.05, 0.1) is 17.1 Å². The maximum atomic E-state index is 11.6. The first-order valence-electron chi connectivity index (χ1n) is 9.81. The molecule has 0 unspecified atom stereocenters. The van der Waals surface area contributed by atoms with Crippen LogP contribution in [0.4, 0.5) is 11.4 Å². The molecular formula is C23H27N3O. The van der Waals surface area contributed by atoms with Gasteiger partial charge >= 0.3 is 0 Å². The van der Waals surface area contributed by atoms with E-state index in [4.69, 9.17) is 5.73 Å². The predicted octanol–water partition coefficient (Wildman–Crippen LogP) is 5.43. The van der Waals surface area contributed by atoms with Crippen molar-refractivity contribution in [2.75, 3.05) is 11.1 Å². The Hall–Kier alpha value is -2.75. The normalized spacial score (nSPS) is 15.2. The number of amides is 1. The van der Waals surface area contributed by atoms with E-state index < -0.39 is 0 Å². The van der Waals surface area contributed by atoms with Gasteiger partial charge in [0.2, 0.25) is 5.91 Å². The summed E-state index contributed by atoms with van der Waals surface area (Å²) in [6.07, 6.45) is 6.36. The number of nitrogens with one attached hydrogen (secondary N) is 1. The van der Waals surface area contributed by atoms with E-state index in [0.29, 0.717) is 17.3 Å². The molecule has 1 amide bonds. The monoisotopic (exact) mass is 361 g/mol. The van der Waals surface area contributed by atoms with Gasteiger partial charge in [-0.1, -0.05) is 49.6 Å². The number of hydrogen-bond acceptors (Lipinski definition) is 2. The second kappa shape index (κ2) is 7.10. The number of carbonyl (C=O) groups excluding carboxylic acids is 1. The molecule has 0 radical (unpaired) electrons. The number of nitrogens with two attached hydrogens (primary N) is 1. The molecule has 1 aromatic heterocycles. The molecule has 1 aliphatic carbocycles. The van der Waals surface area contributed by atoms with E-state index in [2.05, 4.69) is 47.3 Å². The van der Waals surface area contributed by atoms with Crippen molar-refractivity contribution in [1.82, 2.24) is 4.57 Å². The summed E-state index contributed by atoms with van der Waals surface area (Å²) in [7, 11) is 2.12. The molecule has 4 nitrogen and oxygen atoms in total. The highest BCUT2D eigenvalue weighted by Crippen LogP contribution is 2.45. The van der Waals surface area contributed by atoms with Gasteiger partial charge in [-0.25, -0.2) is 0 Å². The van der Waals surface area contributed by atoms with Crippen molar-refractivity contribution >= 4 is 28.2 Å². The molecule has 3 aromatic rings. The molecule has 3 N–H and O–H groups in total. The van der Waals surface area contributed by atoms with Gasteiger partial charge in [0.1, 0.15) is 0 Å².